The van der Waals surface area contributed by atoms with Crippen LogP contribution in [0.4, 0.5) is 0 Å². The second-order valence-corrected chi connectivity index (χ2v) is 5.61. The summed E-state index contributed by atoms with van der Waals surface area (Å²) >= 11 is 0. The Hall–Kier alpha value is -1.06. The number of hydrogen-bond acceptors (Lipinski definition) is 2. The number of carbonyl (C=O) groups is 2. The minimum atomic E-state index is -0.704. The predicted octanol–water partition coefficient (Wildman–Crippen LogP) is 3.55. The lowest BCUT2D eigenvalue weighted by molar-refractivity contribution is -0.147. The van der Waals surface area contributed by atoms with Gasteiger partial charge in [0.1, 0.15) is 0 Å². The van der Waals surface area contributed by atoms with Crippen LogP contribution in [0.1, 0.15) is 65.7 Å². The van der Waals surface area contributed by atoms with Gasteiger partial charge in [-0.1, -0.05) is 32.6 Å². The fourth-order valence-electron chi connectivity index (χ4n) is 2.08. The average molecular weight is 258 g/mol. The van der Waals surface area contributed by atoms with Crippen molar-refractivity contribution in [2.45, 2.75) is 65.7 Å². The molecule has 2 N–H and O–H groups in total. The molecule has 0 aromatic heterocycles. The van der Waals surface area contributed by atoms with Crippen LogP contribution in [0.3, 0.4) is 0 Å². The second-order valence-electron chi connectivity index (χ2n) is 5.61. The maximum Gasteiger partial charge on any atom is 0.309 e. The van der Waals surface area contributed by atoms with E-state index in [9.17, 15) is 9.59 Å². The van der Waals surface area contributed by atoms with E-state index < -0.39 is 17.4 Å². The van der Waals surface area contributed by atoms with Crippen molar-refractivity contribution >= 4 is 11.9 Å². The first-order valence-corrected chi connectivity index (χ1v) is 6.77. The van der Waals surface area contributed by atoms with E-state index in [0.717, 1.165) is 38.5 Å². The van der Waals surface area contributed by atoms with Crippen molar-refractivity contribution in [1.82, 2.24) is 0 Å². The monoisotopic (exact) mass is 258 g/mol. The van der Waals surface area contributed by atoms with Gasteiger partial charge in [0.2, 0.25) is 0 Å². The highest BCUT2D eigenvalue weighted by Crippen LogP contribution is 2.23. The van der Waals surface area contributed by atoms with Crippen LogP contribution in [0, 0.1) is 11.3 Å². The lowest BCUT2D eigenvalue weighted by Gasteiger charge is -2.16. The molecular weight excluding hydrogens is 232 g/mol. The van der Waals surface area contributed by atoms with E-state index in [1.807, 2.05) is 6.92 Å². The third-order valence-electron chi connectivity index (χ3n) is 3.41. The van der Waals surface area contributed by atoms with Crippen LogP contribution in [0.5, 0.6) is 0 Å². The van der Waals surface area contributed by atoms with E-state index in [-0.39, 0.29) is 5.92 Å². The van der Waals surface area contributed by atoms with E-state index >= 15 is 0 Å². The Morgan fingerprint density at radius 2 is 1.61 bits per heavy atom. The SMILES string of the molecule is CCCC(C)(C)C(=O)O.O=C(O)C1CCCCC1. The molecule has 1 aliphatic carbocycles. The molecule has 0 aliphatic heterocycles. The normalized spacial score (nSPS) is 16.6. The predicted molar refractivity (Wildman–Crippen MR) is 70.5 cm³/mol. The Balaban J connectivity index is 0.000000321. The van der Waals surface area contributed by atoms with Crippen molar-refractivity contribution in [2.24, 2.45) is 11.3 Å². The van der Waals surface area contributed by atoms with Crippen molar-refractivity contribution < 1.29 is 19.8 Å². The summed E-state index contributed by atoms with van der Waals surface area (Å²) in [6.45, 7) is 5.49. The molecule has 0 heterocycles. The molecule has 0 spiro atoms. The maximum atomic E-state index is 10.4. The number of aliphatic carboxylic acids is 2. The van der Waals surface area contributed by atoms with Crippen molar-refractivity contribution in [3.8, 4) is 0 Å². The summed E-state index contributed by atoms with van der Waals surface area (Å²) in [5.41, 5.74) is -0.533. The van der Waals surface area contributed by atoms with E-state index in [0.29, 0.717) is 0 Å². The highest BCUT2D eigenvalue weighted by atomic mass is 16.4. The summed E-state index contributed by atoms with van der Waals surface area (Å²) in [4.78, 5) is 20.8. The summed E-state index contributed by atoms with van der Waals surface area (Å²) in [7, 11) is 0. The first-order valence-electron chi connectivity index (χ1n) is 6.77. The van der Waals surface area contributed by atoms with Gasteiger partial charge >= 0.3 is 11.9 Å². The molecule has 1 saturated carbocycles. The lowest BCUT2D eigenvalue weighted by Crippen LogP contribution is -2.22. The van der Waals surface area contributed by atoms with Gasteiger partial charge in [0.25, 0.3) is 0 Å². The smallest absolute Gasteiger partial charge is 0.309 e. The molecule has 0 bridgehead atoms. The van der Waals surface area contributed by atoms with E-state index in [1.54, 1.807) is 13.8 Å². The van der Waals surface area contributed by atoms with Crippen LogP contribution in [-0.2, 0) is 9.59 Å². The molecule has 0 unspecified atom stereocenters. The first-order chi connectivity index (χ1) is 8.31. The Morgan fingerprint density at radius 1 is 1.11 bits per heavy atom. The van der Waals surface area contributed by atoms with Gasteiger partial charge in [-0.15, -0.1) is 0 Å². The molecular formula is C14H26O4. The van der Waals surface area contributed by atoms with E-state index in [1.165, 1.54) is 6.42 Å². The quantitative estimate of drug-likeness (QED) is 0.808. The third kappa shape index (κ3) is 6.62. The number of carboxylic acid groups (broad SMARTS) is 2. The van der Waals surface area contributed by atoms with Crippen molar-refractivity contribution in [2.75, 3.05) is 0 Å². The molecule has 0 amide bonds. The van der Waals surface area contributed by atoms with Crippen molar-refractivity contribution in [3.63, 3.8) is 0 Å². The van der Waals surface area contributed by atoms with Gasteiger partial charge in [0.15, 0.2) is 0 Å². The second kappa shape index (κ2) is 8.11. The highest BCUT2D eigenvalue weighted by Gasteiger charge is 2.25. The Labute approximate surface area is 109 Å². The lowest BCUT2D eigenvalue weighted by atomic mass is 9.88. The summed E-state index contributed by atoms with van der Waals surface area (Å²) < 4.78 is 0. The Kier molecular flexibility index (Phi) is 7.64. The third-order valence-corrected chi connectivity index (χ3v) is 3.41. The topological polar surface area (TPSA) is 74.6 Å². The largest absolute Gasteiger partial charge is 0.481 e. The summed E-state index contributed by atoms with van der Waals surface area (Å²) in [6.07, 6.45) is 6.92. The van der Waals surface area contributed by atoms with Gasteiger partial charge in [-0.25, -0.2) is 0 Å². The molecule has 0 atom stereocenters. The first kappa shape index (κ1) is 16.9. The van der Waals surface area contributed by atoms with E-state index in [2.05, 4.69) is 0 Å². The molecule has 1 rings (SSSR count). The zero-order chi connectivity index (χ0) is 14.2. The molecule has 106 valence electrons. The average Bonchev–Trinajstić information content (AvgIpc) is 2.30. The number of rotatable bonds is 4. The zero-order valence-electron chi connectivity index (χ0n) is 11.7. The molecule has 0 aromatic rings. The van der Waals surface area contributed by atoms with Gasteiger partial charge in [0, 0.05) is 0 Å². The van der Waals surface area contributed by atoms with Crippen molar-refractivity contribution in [3.05, 3.63) is 0 Å². The summed E-state index contributed by atoms with van der Waals surface area (Å²) in [6, 6.07) is 0. The zero-order valence-corrected chi connectivity index (χ0v) is 11.7. The van der Waals surface area contributed by atoms with Crippen LogP contribution >= 0.6 is 0 Å². The van der Waals surface area contributed by atoms with Gasteiger partial charge in [0.05, 0.1) is 11.3 Å². The molecule has 0 aromatic carbocycles. The molecule has 4 nitrogen and oxygen atoms in total. The highest BCUT2D eigenvalue weighted by molar-refractivity contribution is 5.73. The van der Waals surface area contributed by atoms with Gasteiger partial charge in [-0.3, -0.25) is 9.59 Å². The molecule has 0 radical (unpaired) electrons. The molecule has 4 heteroatoms. The van der Waals surface area contributed by atoms with Gasteiger partial charge in [-0.05, 0) is 33.1 Å². The Morgan fingerprint density at radius 3 is 1.83 bits per heavy atom. The fourth-order valence-corrected chi connectivity index (χ4v) is 2.08. The number of hydrogen-bond donors (Lipinski definition) is 2. The van der Waals surface area contributed by atoms with Gasteiger partial charge in [-0.2, -0.15) is 0 Å². The number of carboxylic acids is 2. The maximum absolute atomic E-state index is 10.4. The van der Waals surface area contributed by atoms with E-state index in [4.69, 9.17) is 10.2 Å². The molecule has 0 saturated heterocycles. The van der Waals surface area contributed by atoms with Crippen LogP contribution < -0.4 is 0 Å². The van der Waals surface area contributed by atoms with Crippen LogP contribution in [0.15, 0.2) is 0 Å². The standard InChI is InChI=1S/C7H12O2.C7H14O2/c8-7(9)6-4-2-1-3-5-6;1-4-5-7(2,3)6(8)9/h6H,1-5H2,(H,8,9);4-5H2,1-3H3,(H,8,9). The van der Waals surface area contributed by atoms with Crippen LogP contribution in [-0.4, -0.2) is 22.2 Å². The Bertz CT molecular complexity index is 265. The molecule has 18 heavy (non-hydrogen) atoms. The van der Waals surface area contributed by atoms with Crippen LogP contribution in [0.2, 0.25) is 0 Å². The summed E-state index contributed by atoms with van der Waals surface area (Å²) in [5, 5.41) is 17.1. The fraction of sp³-hybridized carbons (Fsp3) is 0.857. The molecule has 1 aliphatic rings. The minimum Gasteiger partial charge on any atom is -0.481 e. The summed E-state index contributed by atoms with van der Waals surface area (Å²) in [5.74, 6) is -1.34. The van der Waals surface area contributed by atoms with Crippen LogP contribution in [0.25, 0.3) is 0 Å². The minimum absolute atomic E-state index is 0.0289. The van der Waals surface area contributed by atoms with Crippen molar-refractivity contribution in [1.29, 1.82) is 0 Å². The van der Waals surface area contributed by atoms with Gasteiger partial charge < -0.3 is 10.2 Å². The molecule has 1 fully saturated rings.